The van der Waals surface area contributed by atoms with Crippen LogP contribution in [0.4, 0.5) is 52.7 Å². The van der Waals surface area contributed by atoms with Gasteiger partial charge in [0.1, 0.15) is 0 Å². The Labute approximate surface area is 161 Å². The van der Waals surface area contributed by atoms with E-state index in [1.807, 2.05) is 0 Å². The largest absolute Gasteiger partial charge is 0.870 e. The van der Waals surface area contributed by atoms with Crippen LogP contribution in [0.2, 0.25) is 0 Å². The van der Waals surface area contributed by atoms with Gasteiger partial charge in [-0.25, -0.2) is 0 Å². The van der Waals surface area contributed by atoms with Gasteiger partial charge in [0.25, 0.3) is 0 Å². The maximum absolute atomic E-state index is 11.4. The third-order valence-corrected chi connectivity index (χ3v) is 1.98. The molecule has 0 aromatic carbocycles. The monoisotopic (exact) mass is 512 g/mol. The van der Waals surface area contributed by atoms with Gasteiger partial charge < -0.3 is 11.0 Å². The second-order valence-electron chi connectivity index (χ2n) is 4.13. The number of rotatable bonds is 4. The zero-order chi connectivity index (χ0) is 21.7. The van der Waals surface area contributed by atoms with Crippen molar-refractivity contribution in [3.05, 3.63) is 0 Å². The van der Waals surface area contributed by atoms with Crippen LogP contribution in [0.15, 0.2) is 0 Å². The summed E-state index contributed by atoms with van der Waals surface area (Å²) >= 11 is 0. The second-order valence-corrected chi connectivity index (χ2v) is 4.13. The standard InChI is InChI=1S/2C5H2F6O2.Ni.2H2O/c2*6-4(7,8)2(12)1-3(13)5(9,10)11;;;/h2*1H2;;2*1H2/p+2. The maximum atomic E-state index is 11.4. The van der Waals surface area contributed by atoms with Crippen molar-refractivity contribution in [1.82, 2.24) is 0 Å². The molecule has 178 valence electrons. The number of hydrogen-bond donors (Lipinski definition) is 0. The van der Waals surface area contributed by atoms with E-state index in [1.165, 1.54) is 0 Å². The molecule has 0 saturated heterocycles. The molecular formula is C10H10F12NiO6+2. The van der Waals surface area contributed by atoms with Crippen LogP contribution in [0.5, 0.6) is 0 Å². The minimum Gasteiger partial charge on any atom is -0.870 e. The van der Waals surface area contributed by atoms with E-state index in [0.29, 0.717) is 0 Å². The van der Waals surface area contributed by atoms with Gasteiger partial charge in [-0.05, 0) is 0 Å². The molecule has 0 amide bonds. The Morgan fingerprint density at radius 1 is 0.414 bits per heavy atom. The molecule has 6 nitrogen and oxygen atoms in total. The molecule has 0 aliphatic carbocycles. The number of halogens is 12. The molecule has 6 N–H and O–H groups in total. The predicted octanol–water partition coefficient (Wildman–Crippen LogP) is 2.83. The van der Waals surface area contributed by atoms with Crippen LogP contribution in [0.3, 0.4) is 0 Å². The number of hydrogen-bond acceptors (Lipinski definition) is 2. The van der Waals surface area contributed by atoms with Gasteiger partial charge in [0, 0.05) is 16.5 Å². The molecule has 29 heavy (non-hydrogen) atoms. The first-order chi connectivity index (χ1) is 11.1. The fraction of sp³-hybridized carbons (Fsp3) is 0.600. The van der Waals surface area contributed by atoms with Crippen LogP contribution in [-0.2, 0) is 16.5 Å². The van der Waals surface area contributed by atoms with E-state index < -0.39 is 60.7 Å². The summed E-state index contributed by atoms with van der Waals surface area (Å²) < 4.78 is 137. The molecule has 0 aromatic heterocycles. The van der Waals surface area contributed by atoms with Crippen molar-refractivity contribution in [2.45, 2.75) is 37.5 Å². The van der Waals surface area contributed by atoms with Crippen molar-refractivity contribution in [3.8, 4) is 0 Å². The van der Waals surface area contributed by atoms with Gasteiger partial charge in [-0.3, -0.25) is 19.2 Å². The fourth-order valence-corrected chi connectivity index (χ4v) is 0.718. The first-order valence-electron chi connectivity index (χ1n) is 5.58. The minimum absolute atomic E-state index is 0. The molecule has 0 aromatic rings. The zero-order valence-corrected chi connectivity index (χ0v) is 13.9. The second kappa shape index (κ2) is 12.7. The van der Waals surface area contributed by atoms with E-state index in [1.54, 1.807) is 0 Å². The van der Waals surface area contributed by atoms with Gasteiger partial charge in [0.2, 0.25) is 0 Å². The summed E-state index contributed by atoms with van der Waals surface area (Å²) in [5.74, 6) is -9.55. The summed E-state index contributed by atoms with van der Waals surface area (Å²) in [6, 6.07) is 0. The summed E-state index contributed by atoms with van der Waals surface area (Å²) in [4.78, 5) is 32.1. The SMILES string of the molecule is [Ni].[OH+]=C(CC(=[OH+])C(F)(F)F)C(F)(F)F.[OH+]=C(CC(=[OH+])C(F)(F)F)C(F)(F)F.[OH-].[OH-]. The summed E-state index contributed by atoms with van der Waals surface area (Å²) in [5, 5.41) is 0. The van der Waals surface area contributed by atoms with E-state index in [-0.39, 0.29) is 27.4 Å². The topological polar surface area (TPSA) is 146 Å². The first kappa shape index (κ1) is 37.9. The third-order valence-electron chi connectivity index (χ3n) is 1.98. The molecular weight excluding hydrogens is 503 g/mol. The smallest absolute Gasteiger partial charge is 0.505 e. The molecule has 0 atom stereocenters. The van der Waals surface area contributed by atoms with Crippen molar-refractivity contribution >= 4 is 23.1 Å². The van der Waals surface area contributed by atoms with E-state index in [2.05, 4.69) is 0 Å². The molecule has 0 unspecified atom stereocenters. The molecule has 0 spiro atoms. The van der Waals surface area contributed by atoms with Gasteiger partial charge in [-0.2, -0.15) is 52.7 Å². The Balaban J connectivity index is -0.000000120. The first-order valence-corrected chi connectivity index (χ1v) is 5.58. The van der Waals surface area contributed by atoms with Crippen LogP contribution >= 0.6 is 0 Å². The van der Waals surface area contributed by atoms with Crippen LogP contribution in [-0.4, -0.2) is 78.0 Å². The van der Waals surface area contributed by atoms with Gasteiger partial charge in [-0.1, -0.05) is 0 Å². The van der Waals surface area contributed by atoms with Gasteiger partial charge in [0.15, 0.2) is 12.8 Å². The summed E-state index contributed by atoms with van der Waals surface area (Å²) in [5.41, 5.74) is 0. The van der Waals surface area contributed by atoms with Crippen LogP contribution in [0, 0.1) is 0 Å². The quantitative estimate of drug-likeness (QED) is 0.247. The Kier molecular flexibility index (Phi) is 16.7. The molecule has 19 heteroatoms. The van der Waals surface area contributed by atoms with E-state index in [0.717, 1.165) is 0 Å². The molecule has 0 aliphatic rings. The summed E-state index contributed by atoms with van der Waals surface area (Å²) in [7, 11) is 0. The van der Waals surface area contributed by atoms with Crippen molar-refractivity contribution in [2.75, 3.05) is 0 Å². The third kappa shape index (κ3) is 16.9. The fourth-order valence-electron chi connectivity index (χ4n) is 0.718. The normalized spacial score (nSPS) is 11.4. The Bertz CT molecular complexity index is 461. The average Bonchev–Trinajstić information content (AvgIpc) is 2.34. The van der Waals surface area contributed by atoms with E-state index in [9.17, 15) is 52.7 Å². The molecule has 0 fully saturated rings. The minimum atomic E-state index is -5.25. The Morgan fingerprint density at radius 2 is 0.517 bits per heavy atom. The van der Waals surface area contributed by atoms with Gasteiger partial charge >= 0.3 is 47.8 Å². The number of carbonyl (C=O) groups excluding carboxylic acids is 4. The zero-order valence-electron chi connectivity index (χ0n) is 12.9. The van der Waals surface area contributed by atoms with Crippen LogP contribution in [0.1, 0.15) is 12.8 Å². The average molecular weight is 513 g/mol. The molecule has 0 rings (SSSR count). The molecule has 0 saturated carbocycles. The number of ketones is 4. The summed E-state index contributed by atoms with van der Waals surface area (Å²) in [6.45, 7) is 0. The van der Waals surface area contributed by atoms with E-state index in [4.69, 9.17) is 19.2 Å². The van der Waals surface area contributed by atoms with Gasteiger partial charge in [0.05, 0.1) is 0 Å². The molecule has 0 aliphatic heterocycles. The Morgan fingerprint density at radius 3 is 0.586 bits per heavy atom. The molecule has 0 bridgehead atoms. The van der Waals surface area contributed by atoms with Gasteiger partial charge in [-0.15, -0.1) is 0 Å². The maximum Gasteiger partial charge on any atom is 0.505 e. The van der Waals surface area contributed by atoms with Crippen molar-refractivity contribution in [2.24, 2.45) is 0 Å². The van der Waals surface area contributed by atoms with Crippen molar-refractivity contribution in [3.63, 3.8) is 0 Å². The van der Waals surface area contributed by atoms with E-state index >= 15 is 0 Å². The van der Waals surface area contributed by atoms with Crippen LogP contribution < -0.4 is 0 Å². The van der Waals surface area contributed by atoms with Crippen molar-refractivity contribution < 1.29 is 99.3 Å². The molecule has 0 heterocycles. The number of alkyl halides is 12. The molecule has 0 radical (unpaired) electrons. The Hall–Kier alpha value is -1.75. The predicted molar refractivity (Wildman–Crippen MR) is 65.1 cm³/mol. The van der Waals surface area contributed by atoms with Crippen molar-refractivity contribution in [1.29, 1.82) is 0 Å². The van der Waals surface area contributed by atoms with Crippen LogP contribution in [0.25, 0.3) is 0 Å². The summed E-state index contributed by atoms with van der Waals surface area (Å²) in [6.07, 6.45) is -24.9.